The summed E-state index contributed by atoms with van der Waals surface area (Å²) in [6.45, 7) is 5.70. The zero-order valence-corrected chi connectivity index (χ0v) is 9.85. The number of carbonyl (C=O) groups is 1. The van der Waals surface area contributed by atoms with E-state index in [1.165, 1.54) is 19.4 Å². The van der Waals surface area contributed by atoms with Crippen LogP contribution >= 0.6 is 0 Å². The standard InChI is InChI=1S/C12H19N3O/c1-2-10(8-13)12(16)15-7-6-14-5-3-4-11(14)9-15/h10-11H,2-7,9H2,1H3. The van der Waals surface area contributed by atoms with E-state index in [0.29, 0.717) is 12.5 Å². The predicted molar refractivity (Wildman–Crippen MR) is 60.6 cm³/mol. The third-order valence-electron chi connectivity index (χ3n) is 3.76. The summed E-state index contributed by atoms with van der Waals surface area (Å²) >= 11 is 0. The van der Waals surface area contributed by atoms with Gasteiger partial charge in [-0.25, -0.2) is 0 Å². The summed E-state index contributed by atoms with van der Waals surface area (Å²) in [5.74, 6) is -0.399. The Labute approximate surface area is 96.8 Å². The molecule has 0 aliphatic carbocycles. The average molecular weight is 221 g/mol. The molecule has 4 heteroatoms. The molecule has 0 aromatic heterocycles. The highest BCUT2D eigenvalue weighted by Gasteiger charge is 2.34. The van der Waals surface area contributed by atoms with Crippen molar-refractivity contribution >= 4 is 5.91 Å². The van der Waals surface area contributed by atoms with E-state index in [9.17, 15) is 4.79 Å². The summed E-state index contributed by atoms with van der Waals surface area (Å²) in [4.78, 5) is 16.4. The van der Waals surface area contributed by atoms with Gasteiger partial charge in [0.05, 0.1) is 6.07 Å². The molecule has 2 aliphatic rings. The smallest absolute Gasteiger partial charge is 0.240 e. The zero-order valence-electron chi connectivity index (χ0n) is 9.85. The number of hydrogen-bond acceptors (Lipinski definition) is 3. The first-order chi connectivity index (χ1) is 7.76. The summed E-state index contributed by atoms with van der Waals surface area (Å²) in [5, 5.41) is 8.91. The van der Waals surface area contributed by atoms with Crippen molar-refractivity contribution in [2.24, 2.45) is 5.92 Å². The van der Waals surface area contributed by atoms with E-state index in [2.05, 4.69) is 11.0 Å². The first kappa shape index (κ1) is 11.4. The van der Waals surface area contributed by atoms with Crippen LogP contribution < -0.4 is 0 Å². The lowest BCUT2D eigenvalue weighted by atomic mass is 10.0. The number of rotatable bonds is 2. The molecule has 0 bridgehead atoms. The van der Waals surface area contributed by atoms with Crippen molar-refractivity contribution in [1.82, 2.24) is 9.80 Å². The van der Waals surface area contributed by atoms with E-state index in [1.807, 2.05) is 11.8 Å². The second kappa shape index (κ2) is 4.84. The van der Waals surface area contributed by atoms with Gasteiger partial charge in [-0.1, -0.05) is 6.92 Å². The van der Waals surface area contributed by atoms with Crippen LogP contribution in [0.2, 0.25) is 0 Å². The number of fused-ring (bicyclic) bond motifs is 1. The molecule has 2 atom stereocenters. The van der Waals surface area contributed by atoms with Gasteiger partial charge in [0, 0.05) is 25.7 Å². The van der Waals surface area contributed by atoms with Crippen LogP contribution in [-0.4, -0.2) is 47.9 Å². The number of nitrogens with zero attached hydrogens (tertiary/aromatic N) is 3. The number of amides is 1. The summed E-state index contributed by atoms with van der Waals surface area (Å²) in [5.41, 5.74) is 0. The van der Waals surface area contributed by atoms with Gasteiger partial charge in [-0.05, 0) is 25.8 Å². The van der Waals surface area contributed by atoms with Gasteiger partial charge in [-0.3, -0.25) is 9.69 Å². The summed E-state index contributed by atoms with van der Waals surface area (Å²) in [7, 11) is 0. The molecule has 16 heavy (non-hydrogen) atoms. The van der Waals surface area contributed by atoms with E-state index in [1.54, 1.807) is 0 Å². The molecular weight excluding hydrogens is 202 g/mol. The Hall–Kier alpha value is -1.08. The van der Waals surface area contributed by atoms with E-state index in [4.69, 9.17) is 5.26 Å². The van der Waals surface area contributed by atoms with Crippen LogP contribution in [0.3, 0.4) is 0 Å². The van der Waals surface area contributed by atoms with Crippen LogP contribution in [0, 0.1) is 17.2 Å². The van der Waals surface area contributed by atoms with E-state index in [0.717, 1.165) is 19.6 Å². The molecule has 0 saturated carbocycles. The number of nitriles is 1. The molecule has 4 nitrogen and oxygen atoms in total. The van der Waals surface area contributed by atoms with Crippen LogP contribution in [-0.2, 0) is 4.79 Å². The Balaban J connectivity index is 1.96. The van der Waals surface area contributed by atoms with Crippen molar-refractivity contribution in [3.05, 3.63) is 0 Å². The molecule has 0 aromatic rings. The Morgan fingerprint density at radius 3 is 3.00 bits per heavy atom. The molecule has 2 saturated heterocycles. The topological polar surface area (TPSA) is 47.3 Å². The molecule has 0 spiro atoms. The van der Waals surface area contributed by atoms with Gasteiger partial charge in [0.25, 0.3) is 0 Å². The molecule has 0 radical (unpaired) electrons. The Morgan fingerprint density at radius 2 is 2.31 bits per heavy atom. The van der Waals surface area contributed by atoms with Gasteiger partial charge in [0.1, 0.15) is 5.92 Å². The molecule has 2 rings (SSSR count). The zero-order chi connectivity index (χ0) is 11.5. The van der Waals surface area contributed by atoms with E-state index >= 15 is 0 Å². The Kier molecular flexibility index (Phi) is 3.45. The minimum Gasteiger partial charge on any atom is -0.339 e. The van der Waals surface area contributed by atoms with Crippen molar-refractivity contribution in [2.45, 2.75) is 32.2 Å². The largest absolute Gasteiger partial charge is 0.339 e. The maximum absolute atomic E-state index is 12.0. The third-order valence-corrected chi connectivity index (χ3v) is 3.76. The maximum Gasteiger partial charge on any atom is 0.240 e. The molecule has 0 N–H and O–H groups in total. The van der Waals surface area contributed by atoms with Crippen molar-refractivity contribution in [3.63, 3.8) is 0 Å². The fraction of sp³-hybridized carbons (Fsp3) is 0.833. The first-order valence-corrected chi connectivity index (χ1v) is 6.18. The van der Waals surface area contributed by atoms with Gasteiger partial charge >= 0.3 is 0 Å². The molecule has 2 aliphatic heterocycles. The molecule has 88 valence electrons. The average Bonchev–Trinajstić information content (AvgIpc) is 2.77. The minimum atomic E-state index is -0.437. The highest BCUT2D eigenvalue weighted by atomic mass is 16.2. The number of carbonyl (C=O) groups excluding carboxylic acids is 1. The molecule has 2 heterocycles. The Morgan fingerprint density at radius 1 is 1.50 bits per heavy atom. The van der Waals surface area contributed by atoms with Gasteiger partial charge in [-0.15, -0.1) is 0 Å². The predicted octanol–water partition coefficient (Wildman–Crippen LogP) is 0.843. The molecular formula is C12H19N3O. The number of piperazine rings is 1. The second-order valence-corrected chi connectivity index (χ2v) is 4.71. The SMILES string of the molecule is CCC(C#N)C(=O)N1CCN2CCCC2C1. The fourth-order valence-electron chi connectivity index (χ4n) is 2.73. The molecule has 2 unspecified atom stereocenters. The Bertz CT molecular complexity index is 310. The molecule has 1 amide bonds. The lowest BCUT2D eigenvalue weighted by molar-refractivity contribution is -0.136. The van der Waals surface area contributed by atoms with Crippen molar-refractivity contribution in [3.8, 4) is 6.07 Å². The lowest BCUT2D eigenvalue weighted by Crippen LogP contribution is -2.53. The van der Waals surface area contributed by atoms with Gasteiger partial charge < -0.3 is 4.90 Å². The van der Waals surface area contributed by atoms with Gasteiger partial charge in [0.2, 0.25) is 5.91 Å². The maximum atomic E-state index is 12.0. The van der Waals surface area contributed by atoms with Crippen LogP contribution in [0.4, 0.5) is 0 Å². The van der Waals surface area contributed by atoms with E-state index in [-0.39, 0.29) is 5.91 Å². The van der Waals surface area contributed by atoms with Crippen molar-refractivity contribution in [1.29, 1.82) is 5.26 Å². The lowest BCUT2D eigenvalue weighted by Gasteiger charge is -2.38. The highest BCUT2D eigenvalue weighted by molar-refractivity contribution is 5.81. The number of hydrogen-bond donors (Lipinski definition) is 0. The van der Waals surface area contributed by atoms with E-state index < -0.39 is 5.92 Å². The van der Waals surface area contributed by atoms with Crippen molar-refractivity contribution < 1.29 is 4.79 Å². The summed E-state index contributed by atoms with van der Waals surface area (Å²) in [6.07, 6.45) is 3.08. The van der Waals surface area contributed by atoms with Crippen LogP contribution in [0.1, 0.15) is 26.2 Å². The second-order valence-electron chi connectivity index (χ2n) is 4.71. The minimum absolute atomic E-state index is 0.0385. The monoisotopic (exact) mass is 221 g/mol. The third kappa shape index (κ3) is 2.05. The summed E-state index contributed by atoms with van der Waals surface area (Å²) < 4.78 is 0. The first-order valence-electron chi connectivity index (χ1n) is 6.18. The summed E-state index contributed by atoms with van der Waals surface area (Å²) in [6, 6.07) is 2.65. The van der Waals surface area contributed by atoms with Crippen LogP contribution in [0.25, 0.3) is 0 Å². The van der Waals surface area contributed by atoms with Crippen LogP contribution in [0.5, 0.6) is 0 Å². The van der Waals surface area contributed by atoms with Gasteiger partial charge in [0.15, 0.2) is 0 Å². The molecule has 2 fully saturated rings. The fourth-order valence-corrected chi connectivity index (χ4v) is 2.73. The van der Waals surface area contributed by atoms with Crippen molar-refractivity contribution in [2.75, 3.05) is 26.2 Å². The van der Waals surface area contributed by atoms with Gasteiger partial charge in [-0.2, -0.15) is 5.26 Å². The van der Waals surface area contributed by atoms with Crippen LogP contribution in [0.15, 0.2) is 0 Å². The molecule has 0 aromatic carbocycles. The highest BCUT2D eigenvalue weighted by Crippen LogP contribution is 2.22. The quantitative estimate of drug-likeness (QED) is 0.694. The normalized spacial score (nSPS) is 27.2.